The molecule has 1 heterocycles. The van der Waals surface area contributed by atoms with Gasteiger partial charge < -0.3 is 4.52 Å². The molecule has 0 amide bonds. The van der Waals surface area contributed by atoms with Crippen molar-refractivity contribution in [3.05, 3.63) is 47.1 Å². The highest BCUT2D eigenvalue weighted by Gasteiger charge is 2.23. The van der Waals surface area contributed by atoms with Crippen LogP contribution in [-0.2, 0) is 15.6 Å². The summed E-state index contributed by atoms with van der Waals surface area (Å²) in [4.78, 5) is -0.301. The van der Waals surface area contributed by atoms with Gasteiger partial charge in [-0.25, -0.2) is 12.8 Å². The third-order valence-electron chi connectivity index (χ3n) is 2.69. The molecule has 1 aromatic carbocycles. The Morgan fingerprint density at radius 3 is 2.50 bits per heavy atom. The lowest BCUT2D eigenvalue weighted by atomic mass is 10.2. The summed E-state index contributed by atoms with van der Waals surface area (Å²) in [5, 5.41) is 3.68. The number of benzene rings is 1. The smallest absolute Gasteiger partial charge is 0.185 e. The first-order chi connectivity index (χ1) is 8.42. The molecule has 0 unspecified atom stereocenters. The SMILES string of the molecule is Cc1noc(C)c1CS(=O)(=O)c1ccccc1F. The van der Waals surface area contributed by atoms with Crippen molar-refractivity contribution in [2.24, 2.45) is 0 Å². The molecule has 0 aliphatic rings. The van der Waals surface area contributed by atoms with Crippen LogP contribution in [0.1, 0.15) is 17.0 Å². The van der Waals surface area contributed by atoms with Gasteiger partial charge in [-0.1, -0.05) is 17.3 Å². The van der Waals surface area contributed by atoms with Crippen molar-refractivity contribution >= 4 is 9.84 Å². The van der Waals surface area contributed by atoms with Crippen molar-refractivity contribution in [1.29, 1.82) is 0 Å². The topological polar surface area (TPSA) is 60.2 Å². The summed E-state index contributed by atoms with van der Waals surface area (Å²) < 4.78 is 42.6. The summed E-state index contributed by atoms with van der Waals surface area (Å²) in [7, 11) is -3.73. The Morgan fingerprint density at radius 2 is 1.94 bits per heavy atom. The van der Waals surface area contributed by atoms with Crippen LogP contribution in [0.15, 0.2) is 33.7 Å². The van der Waals surface area contributed by atoms with Crippen LogP contribution in [0.3, 0.4) is 0 Å². The van der Waals surface area contributed by atoms with Crippen LogP contribution in [-0.4, -0.2) is 13.6 Å². The van der Waals surface area contributed by atoms with E-state index in [0.717, 1.165) is 6.07 Å². The van der Waals surface area contributed by atoms with Crippen LogP contribution >= 0.6 is 0 Å². The fraction of sp³-hybridized carbons (Fsp3) is 0.250. The quantitative estimate of drug-likeness (QED) is 0.858. The number of nitrogens with zero attached hydrogens (tertiary/aromatic N) is 1. The van der Waals surface area contributed by atoms with Gasteiger partial charge in [0.25, 0.3) is 0 Å². The second kappa shape index (κ2) is 4.53. The summed E-state index contributed by atoms with van der Waals surface area (Å²) in [5.74, 6) is -0.619. The first-order valence-corrected chi connectivity index (χ1v) is 6.96. The molecule has 2 rings (SSSR count). The predicted molar refractivity (Wildman–Crippen MR) is 63.3 cm³/mol. The van der Waals surface area contributed by atoms with Crippen LogP contribution in [0, 0.1) is 19.7 Å². The minimum atomic E-state index is -3.73. The average Bonchev–Trinajstić information content (AvgIpc) is 2.61. The van der Waals surface area contributed by atoms with E-state index in [2.05, 4.69) is 5.16 Å². The molecule has 1 aromatic heterocycles. The Bertz CT molecular complexity index is 657. The second-order valence-electron chi connectivity index (χ2n) is 3.99. The van der Waals surface area contributed by atoms with Crippen LogP contribution in [0.2, 0.25) is 0 Å². The molecule has 96 valence electrons. The maximum atomic E-state index is 13.5. The molecule has 4 nitrogen and oxygen atoms in total. The van der Waals surface area contributed by atoms with Crippen molar-refractivity contribution < 1.29 is 17.3 Å². The molecule has 0 atom stereocenters. The van der Waals surface area contributed by atoms with Gasteiger partial charge in [0.1, 0.15) is 16.5 Å². The molecule has 0 aliphatic carbocycles. The highest BCUT2D eigenvalue weighted by atomic mass is 32.2. The van der Waals surface area contributed by atoms with E-state index in [-0.39, 0.29) is 10.6 Å². The van der Waals surface area contributed by atoms with Crippen LogP contribution in [0.25, 0.3) is 0 Å². The van der Waals surface area contributed by atoms with E-state index in [4.69, 9.17) is 4.52 Å². The molecule has 0 bridgehead atoms. The summed E-state index contributed by atoms with van der Waals surface area (Å²) >= 11 is 0. The highest BCUT2D eigenvalue weighted by molar-refractivity contribution is 7.90. The Hall–Kier alpha value is -1.69. The number of hydrogen-bond acceptors (Lipinski definition) is 4. The number of aryl methyl sites for hydroxylation is 2. The zero-order valence-electron chi connectivity index (χ0n) is 9.97. The van der Waals surface area contributed by atoms with Crippen LogP contribution in [0.5, 0.6) is 0 Å². The van der Waals surface area contributed by atoms with E-state index in [1.165, 1.54) is 18.2 Å². The molecule has 0 spiro atoms. The minimum Gasteiger partial charge on any atom is -0.361 e. The number of rotatable bonds is 3. The minimum absolute atomic E-state index is 0.301. The normalized spacial score (nSPS) is 11.7. The summed E-state index contributed by atoms with van der Waals surface area (Å²) in [6, 6.07) is 5.32. The number of hydrogen-bond donors (Lipinski definition) is 0. The maximum Gasteiger partial charge on any atom is 0.185 e. The van der Waals surface area contributed by atoms with Gasteiger partial charge in [-0.3, -0.25) is 0 Å². The third kappa shape index (κ3) is 2.28. The molecule has 0 saturated carbocycles. The molecular weight excluding hydrogens is 257 g/mol. The molecule has 18 heavy (non-hydrogen) atoms. The molecule has 0 N–H and O–H groups in total. The Kier molecular flexibility index (Phi) is 3.21. The Morgan fingerprint density at radius 1 is 1.28 bits per heavy atom. The molecule has 0 radical (unpaired) electrons. The summed E-state index contributed by atoms with van der Waals surface area (Å²) in [5.41, 5.74) is 0.991. The van der Waals surface area contributed by atoms with Gasteiger partial charge in [0.2, 0.25) is 0 Å². The van der Waals surface area contributed by atoms with Crippen molar-refractivity contribution in [3.8, 4) is 0 Å². The van der Waals surface area contributed by atoms with Crippen molar-refractivity contribution in [1.82, 2.24) is 5.16 Å². The van der Waals surface area contributed by atoms with Crippen LogP contribution < -0.4 is 0 Å². The number of aromatic nitrogens is 1. The average molecular weight is 269 g/mol. The Balaban J connectivity index is 2.43. The zero-order chi connectivity index (χ0) is 13.3. The van der Waals surface area contributed by atoms with Gasteiger partial charge >= 0.3 is 0 Å². The fourth-order valence-corrected chi connectivity index (χ4v) is 3.27. The standard InChI is InChI=1S/C12H12FNO3S/c1-8-10(9(2)17-14-8)7-18(15,16)12-6-4-3-5-11(12)13/h3-6H,7H2,1-2H3. The lowest BCUT2D eigenvalue weighted by Crippen LogP contribution is -2.08. The lowest BCUT2D eigenvalue weighted by molar-refractivity contribution is 0.392. The van der Waals surface area contributed by atoms with Crippen molar-refractivity contribution in [2.75, 3.05) is 0 Å². The van der Waals surface area contributed by atoms with Gasteiger partial charge in [-0.05, 0) is 26.0 Å². The zero-order valence-corrected chi connectivity index (χ0v) is 10.8. The third-order valence-corrected chi connectivity index (χ3v) is 4.36. The van der Waals surface area contributed by atoms with Gasteiger partial charge in [0.05, 0.1) is 11.4 Å². The number of sulfone groups is 1. The fourth-order valence-electron chi connectivity index (χ4n) is 1.67. The second-order valence-corrected chi connectivity index (χ2v) is 5.95. The van der Waals surface area contributed by atoms with Crippen molar-refractivity contribution in [3.63, 3.8) is 0 Å². The van der Waals surface area contributed by atoms with E-state index in [1.807, 2.05) is 0 Å². The largest absolute Gasteiger partial charge is 0.361 e. The first-order valence-electron chi connectivity index (χ1n) is 5.31. The van der Waals surface area contributed by atoms with Gasteiger partial charge in [-0.2, -0.15) is 0 Å². The van der Waals surface area contributed by atoms with Crippen molar-refractivity contribution in [2.45, 2.75) is 24.5 Å². The van der Waals surface area contributed by atoms with E-state index in [0.29, 0.717) is 17.0 Å². The molecule has 0 fully saturated rings. The first kappa shape index (κ1) is 12.8. The van der Waals surface area contributed by atoms with E-state index >= 15 is 0 Å². The highest BCUT2D eigenvalue weighted by Crippen LogP contribution is 2.22. The van der Waals surface area contributed by atoms with E-state index < -0.39 is 15.7 Å². The van der Waals surface area contributed by atoms with Gasteiger partial charge in [0, 0.05) is 5.56 Å². The Labute approximate surface area is 104 Å². The van der Waals surface area contributed by atoms with E-state index in [1.54, 1.807) is 13.8 Å². The molecule has 0 aliphatic heterocycles. The maximum absolute atomic E-state index is 13.5. The number of halogens is 1. The van der Waals surface area contributed by atoms with Gasteiger partial charge in [0.15, 0.2) is 9.84 Å². The molecular formula is C12H12FNO3S. The van der Waals surface area contributed by atoms with Crippen LogP contribution in [0.4, 0.5) is 4.39 Å². The monoisotopic (exact) mass is 269 g/mol. The lowest BCUT2D eigenvalue weighted by Gasteiger charge is -2.05. The molecule has 2 aromatic rings. The summed E-state index contributed by atoms with van der Waals surface area (Å²) in [6.45, 7) is 3.29. The van der Waals surface area contributed by atoms with E-state index in [9.17, 15) is 12.8 Å². The molecule has 0 saturated heterocycles. The predicted octanol–water partition coefficient (Wildman–Crippen LogP) is 2.40. The van der Waals surface area contributed by atoms with Gasteiger partial charge in [-0.15, -0.1) is 0 Å². The molecule has 6 heteroatoms. The summed E-state index contributed by atoms with van der Waals surface area (Å²) in [6.07, 6.45) is 0.